The van der Waals surface area contributed by atoms with Crippen molar-refractivity contribution in [1.29, 1.82) is 0 Å². The molecule has 0 saturated carbocycles. The van der Waals surface area contributed by atoms with Crippen LogP contribution in [0.5, 0.6) is 0 Å². The number of fused-ring (bicyclic) bond motifs is 3. The number of carbonyl (C=O) groups excluding carboxylic acids is 1. The predicted molar refractivity (Wildman–Crippen MR) is 130 cm³/mol. The molecule has 1 heterocycles. The van der Waals surface area contributed by atoms with E-state index in [-0.39, 0.29) is 17.6 Å². The van der Waals surface area contributed by atoms with Gasteiger partial charge in [-0.15, -0.1) is 0 Å². The van der Waals surface area contributed by atoms with E-state index < -0.39 is 0 Å². The monoisotopic (exact) mass is 417 g/mol. The molecule has 2 aliphatic rings. The van der Waals surface area contributed by atoms with Gasteiger partial charge in [0.2, 0.25) is 0 Å². The normalized spacial score (nSPS) is 23.1. The van der Waals surface area contributed by atoms with Gasteiger partial charge in [0, 0.05) is 28.9 Å². The van der Waals surface area contributed by atoms with Gasteiger partial charge in [-0.2, -0.15) is 0 Å². The van der Waals surface area contributed by atoms with Crippen molar-refractivity contribution in [1.82, 2.24) is 4.98 Å². The minimum absolute atomic E-state index is 0.221. The molecule has 0 radical (unpaired) electrons. The summed E-state index contributed by atoms with van der Waals surface area (Å²) in [5.41, 5.74) is 8.00. The Kier molecular flexibility index (Phi) is 4.79. The van der Waals surface area contributed by atoms with Crippen molar-refractivity contribution in [3.05, 3.63) is 119 Å². The fraction of sp³-hybridized carbons (Fsp3) is 0.233. The van der Waals surface area contributed by atoms with Crippen molar-refractivity contribution in [2.75, 3.05) is 0 Å². The summed E-state index contributed by atoms with van der Waals surface area (Å²) >= 11 is 0. The Morgan fingerprint density at radius 2 is 1.44 bits per heavy atom. The van der Waals surface area contributed by atoms with Crippen molar-refractivity contribution in [3.63, 3.8) is 0 Å². The van der Waals surface area contributed by atoms with Crippen LogP contribution in [-0.2, 0) is 11.2 Å². The molecular formula is C30H27NO. The molecule has 0 bridgehead atoms. The lowest BCUT2D eigenvalue weighted by molar-refractivity contribution is -0.115. The number of aromatic amines is 1. The molecule has 1 N–H and O–H groups in total. The molecule has 32 heavy (non-hydrogen) atoms. The zero-order valence-electron chi connectivity index (χ0n) is 18.1. The predicted octanol–water partition coefficient (Wildman–Crippen LogP) is 6.94. The number of nitrogens with one attached hydrogen (secondary N) is 1. The Morgan fingerprint density at radius 1 is 0.750 bits per heavy atom. The van der Waals surface area contributed by atoms with E-state index in [0.29, 0.717) is 12.3 Å². The molecule has 2 nitrogen and oxygen atoms in total. The van der Waals surface area contributed by atoms with Crippen LogP contribution in [0.25, 0.3) is 10.9 Å². The van der Waals surface area contributed by atoms with Crippen molar-refractivity contribution >= 4 is 16.7 Å². The second-order valence-electron chi connectivity index (χ2n) is 9.24. The molecule has 3 aromatic carbocycles. The highest BCUT2D eigenvalue weighted by molar-refractivity contribution is 5.91. The average molecular weight is 418 g/mol. The smallest absolute Gasteiger partial charge is 0.155 e. The first kappa shape index (κ1) is 19.3. The minimum Gasteiger partial charge on any atom is -0.358 e. The summed E-state index contributed by atoms with van der Waals surface area (Å²) < 4.78 is 0. The van der Waals surface area contributed by atoms with E-state index >= 15 is 0 Å². The highest BCUT2D eigenvalue weighted by atomic mass is 16.1. The SMILES string of the molecule is O=C1C=C([C@H]2[C@H](c3ccccc3)c3c([nH]c4ccccc34)C[C@H]2c2ccccc2)CCC1. The number of allylic oxidation sites excluding steroid dienone is 2. The summed E-state index contributed by atoms with van der Waals surface area (Å²) in [6.45, 7) is 0. The van der Waals surface area contributed by atoms with Crippen LogP contribution in [0.15, 0.2) is 96.6 Å². The maximum atomic E-state index is 12.5. The van der Waals surface area contributed by atoms with Crippen LogP contribution >= 0.6 is 0 Å². The van der Waals surface area contributed by atoms with Gasteiger partial charge in [-0.1, -0.05) is 84.4 Å². The molecule has 4 aromatic rings. The number of aromatic nitrogens is 1. The molecule has 158 valence electrons. The average Bonchev–Trinajstić information content (AvgIpc) is 3.22. The minimum atomic E-state index is 0.221. The van der Waals surface area contributed by atoms with Gasteiger partial charge in [-0.05, 0) is 59.9 Å². The van der Waals surface area contributed by atoms with Crippen LogP contribution in [0.4, 0.5) is 0 Å². The van der Waals surface area contributed by atoms with Gasteiger partial charge < -0.3 is 4.98 Å². The Morgan fingerprint density at radius 3 is 2.19 bits per heavy atom. The second-order valence-corrected chi connectivity index (χ2v) is 9.24. The second kappa shape index (κ2) is 7.94. The molecule has 2 heteroatoms. The standard InChI is InChI=1S/C30H27NO/c32-23-15-9-14-22(18-23)28-25(20-10-3-1-4-11-20)19-27-30(24-16-7-8-17-26(24)31-27)29(28)21-12-5-2-6-13-21/h1-8,10-13,16-18,25,28-29,31H,9,14-15,19H2/t25-,28+,29-/m0/s1. The van der Waals surface area contributed by atoms with Crippen LogP contribution in [0.1, 0.15) is 53.5 Å². The van der Waals surface area contributed by atoms with Gasteiger partial charge in [0.25, 0.3) is 0 Å². The molecule has 6 rings (SSSR count). The van der Waals surface area contributed by atoms with E-state index in [4.69, 9.17) is 0 Å². The molecule has 0 spiro atoms. The lowest BCUT2D eigenvalue weighted by atomic mass is 9.62. The van der Waals surface area contributed by atoms with Gasteiger partial charge in [-0.3, -0.25) is 4.79 Å². The van der Waals surface area contributed by atoms with E-state index in [1.807, 2.05) is 6.08 Å². The Balaban J connectivity index is 1.63. The van der Waals surface area contributed by atoms with Gasteiger partial charge >= 0.3 is 0 Å². The third-order valence-corrected chi connectivity index (χ3v) is 7.41. The fourth-order valence-corrected chi connectivity index (χ4v) is 6.11. The third-order valence-electron chi connectivity index (χ3n) is 7.41. The van der Waals surface area contributed by atoms with Crippen molar-refractivity contribution in [2.24, 2.45) is 5.92 Å². The first-order valence-corrected chi connectivity index (χ1v) is 11.7. The summed E-state index contributed by atoms with van der Waals surface area (Å²) in [6, 6.07) is 30.5. The number of carbonyl (C=O) groups is 1. The lowest BCUT2D eigenvalue weighted by Crippen LogP contribution is -2.31. The van der Waals surface area contributed by atoms with Crippen LogP contribution in [0.2, 0.25) is 0 Å². The summed E-state index contributed by atoms with van der Waals surface area (Å²) in [5, 5.41) is 1.32. The van der Waals surface area contributed by atoms with Crippen LogP contribution in [-0.4, -0.2) is 10.8 Å². The highest BCUT2D eigenvalue weighted by Crippen LogP contribution is 2.53. The first-order chi connectivity index (χ1) is 15.8. The molecule has 0 saturated heterocycles. The molecule has 1 aromatic heterocycles. The number of hydrogen-bond donors (Lipinski definition) is 1. The molecule has 0 fully saturated rings. The highest BCUT2D eigenvalue weighted by Gasteiger charge is 2.42. The fourth-order valence-electron chi connectivity index (χ4n) is 6.11. The maximum absolute atomic E-state index is 12.5. The number of para-hydroxylation sites is 1. The zero-order chi connectivity index (χ0) is 21.5. The van der Waals surface area contributed by atoms with Gasteiger partial charge in [0.05, 0.1) is 0 Å². The molecule has 0 amide bonds. The maximum Gasteiger partial charge on any atom is 0.155 e. The van der Waals surface area contributed by atoms with Crippen LogP contribution < -0.4 is 0 Å². The van der Waals surface area contributed by atoms with Crippen molar-refractivity contribution in [2.45, 2.75) is 37.5 Å². The molecule has 2 aliphatic carbocycles. The van der Waals surface area contributed by atoms with Gasteiger partial charge in [0.1, 0.15) is 0 Å². The molecule has 3 atom stereocenters. The third kappa shape index (κ3) is 3.22. The van der Waals surface area contributed by atoms with Crippen LogP contribution in [0, 0.1) is 5.92 Å². The van der Waals surface area contributed by atoms with E-state index in [0.717, 1.165) is 19.3 Å². The van der Waals surface area contributed by atoms with Crippen LogP contribution in [0.3, 0.4) is 0 Å². The summed E-state index contributed by atoms with van der Waals surface area (Å²) in [6.07, 6.45) is 5.61. The number of H-pyrrole nitrogens is 1. The molecule has 0 aliphatic heterocycles. The summed E-state index contributed by atoms with van der Waals surface area (Å²) in [7, 11) is 0. The number of hydrogen-bond acceptors (Lipinski definition) is 1. The topological polar surface area (TPSA) is 32.9 Å². The largest absolute Gasteiger partial charge is 0.358 e. The Labute approximate surface area is 189 Å². The summed E-state index contributed by atoms with van der Waals surface area (Å²) in [5.74, 6) is 1.11. The molecule has 0 unspecified atom stereocenters. The quantitative estimate of drug-likeness (QED) is 0.385. The van der Waals surface area contributed by atoms with E-state index in [2.05, 4.69) is 89.9 Å². The van der Waals surface area contributed by atoms with Crippen molar-refractivity contribution < 1.29 is 4.79 Å². The number of ketones is 1. The lowest BCUT2D eigenvalue weighted by Gasteiger charge is -2.41. The zero-order valence-corrected chi connectivity index (χ0v) is 18.1. The Bertz CT molecular complexity index is 1300. The first-order valence-electron chi connectivity index (χ1n) is 11.7. The van der Waals surface area contributed by atoms with Gasteiger partial charge in [-0.25, -0.2) is 0 Å². The Hall–Kier alpha value is -3.39. The van der Waals surface area contributed by atoms with E-state index in [1.54, 1.807) is 0 Å². The van der Waals surface area contributed by atoms with E-state index in [9.17, 15) is 4.79 Å². The number of benzene rings is 3. The van der Waals surface area contributed by atoms with E-state index in [1.165, 1.54) is 38.9 Å². The van der Waals surface area contributed by atoms with Gasteiger partial charge in [0.15, 0.2) is 5.78 Å². The summed E-state index contributed by atoms with van der Waals surface area (Å²) in [4.78, 5) is 16.3. The molecular weight excluding hydrogens is 390 g/mol. The van der Waals surface area contributed by atoms with Crippen molar-refractivity contribution in [3.8, 4) is 0 Å². The number of rotatable bonds is 3.